The van der Waals surface area contributed by atoms with Gasteiger partial charge in [0.15, 0.2) is 0 Å². The van der Waals surface area contributed by atoms with Gasteiger partial charge in [-0.05, 0) is 59.5 Å². The Labute approximate surface area is 224 Å². The fourth-order valence-electron chi connectivity index (χ4n) is 4.99. The number of nitrogens with zero attached hydrogens (tertiary/aromatic N) is 4. The van der Waals surface area contributed by atoms with Gasteiger partial charge in [-0.25, -0.2) is 4.98 Å². The summed E-state index contributed by atoms with van der Waals surface area (Å²) >= 11 is 6.18. The normalized spacial score (nSPS) is 15.2. The predicted octanol–water partition coefficient (Wildman–Crippen LogP) is 3.86. The summed E-state index contributed by atoms with van der Waals surface area (Å²) in [5.74, 6) is -0.382. The molecule has 194 valence electrons. The van der Waals surface area contributed by atoms with Crippen molar-refractivity contribution in [1.82, 2.24) is 19.7 Å². The first-order valence-corrected chi connectivity index (χ1v) is 12.4. The zero-order valence-corrected chi connectivity index (χ0v) is 21.7. The van der Waals surface area contributed by atoms with Gasteiger partial charge in [-0.1, -0.05) is 35.9 Å². The molecule has 4 N–H and O–H groups in total. The molecule has 38 heavy (non-hydrogen) atoms. The Hall–Kier alpha value is -4.21. The van der Waals surface area contributed by atoms with Crippen LogP contribution in [0.4, 0.5) is 11.6 Å². The molecule has 4 aromatic rings. The van der Waals surface area contributed by atoms with E-state index < -0.39 is 24.0 Å². The van der Waals surface area contributed by atoms with E-state index in [2.05, 4.69) is 15.4 Å². The number of aryl methyl sites for hydroxylation is 1. The number of aromatic nitrogens is 3. The van der Waals surface area contributed by atoms with E-state index in [1.807, 2.05) is 43.4 Å². The number of hydrogen-bond donors (Lipinski definition) is 3. The molecule has 2 aromatic carbocycles. The Kier molecular flexibility index (Phi) is 6.64. The molecule has 2 amide bonds. The third kappa shape index (κ3) is 4.40. The van der Waals surface area contributed by atoms with Crippen LogP contribution in [0.3, 0.4) is 0 Å². The minimum absolute atomic E-state index is 0.189. The molecule has 2 aromatic heterocycles. The average Bonchev–Trinajstić information content (AvgIpc) is 3.46. The third-order valence-corrected chi connectivity index (χ3v) is 7.49. The van der Waals surface area contributed by atoms with Gasteiger partial charge in [0, 0.05) is 42.4 Å². The number of hydrogen-bond acceptors (Lipinski definition) is 6. The highest BCUT2D eigenvalue weighted by Gasteiger charge is 2.50. The second-order valence-corrected chi connectivity index (χ2v) is 9.90. The fourth-order valence-corrected chi connectivity index (χ4v) is 5.18. The number of anilines is 2. The highest BCUT2D eigenvalue weighted by atomic mass is 35.5. The Balaban J connectivity index is 1.47. The Morgan fingerprint density at radius 2 is 1.95 bits per heavy atom. The second-order valence-electron chi connectivity index (χ2n) is 9.46. The standard InChI is InChI=1S/C28H27ClN6O3/c1-28(27(30)38,23(16-36)19-4-3-5-21(29)12-19)35-15-20-7-6-17(13-22(20)26(35)37)18-8-10-31-24(14-18)33-25-9-11-32-34(25)2/h3-14,23,36H,15-16H2,1-2H3,(H2,30,38)(H,31,33)/t23-,28?/m0/s1. The van der Waals surface area contributed by atoms with Crippen molar-refractivity contribution in [2.45, 2.75) is 24.9 Å². The summed E-state index contributed by atoms with van der Waals surface area (Å²) in [5, 5.41) is 18.2. The van der Waals surface area contributed by atoms with Crippen molar-refractivity contribution in [3.05, 3.63) is 94.8 Å². The Morgan fingerprint density at radius 1 is 1.16 bits per heavy atom. The number of primary amides is 1. The molecule has 5 rings (SSSR count). The minimum atomic E-state index is -1.49. The molecule has 0 radical (unpaired) electrons. The maximum atomic E-state index is 13.7. The van der Waals surface area contributed by atoms with E-state index in [1.54, 1.807) is 48.3 Å². The van der Waals surface area contributed by atoms with E-state index in [4.69, 9.17) is 17.3 Å². The van der Waals surface area contributed by atoms with Crippen molar-refractivity contribution in [2.24, 2.45) is 12.8 Å². The van der Waals surface area contributed by atoms with Crippen molar-refractivity contribution in [3.8, 4) is 11.1 Å². The van der Waals surface area contributed by atoms with Crippen LogP contribution >= 0.6 is 11.6 Å². The van der Waals surface area contributed by atoms with Crippen LogP contribution < -0.4 is 11.1 Å². The highest BCUT2D eigenvalue weighted by Crippen LogP contribution is 2.40. The zero-order valence-electron chi connectivity index (χ0n) is 20.9. The lowest BCUT2D eigenvalue weighted by Crippen LogP contribution is -2.60. The summed E-state index contributed by atoms with van der Waals surface area (Å²) in [5.41, 5.74) is 7.98. The minimum Gasteiger partial charge on any atom is -0.396 e. The molecule has 2 atom stereocenters. The van der Waals surface area contributed by atoms with Gasteiger partial charge in [0.2, 0.25) is 5.91 Å². The smallest absolute Gasteiger partial charge is 0.255 e. The van der Waals surface area contributed by atoms with Crippen LogP contribution in [0.1, 0.15) is 34.3 Å². The van der Waals surface area contributed by atoms with E-state index in [1.165, 1.54) is 4.90 Å². The topological polar surface area (TPSA) is 126 Å². The number of amides is 2. The SMILES string of the molecule is Cn1nccc1Nc1cc(-c2ccc3c(c2)C(=O)N(C(C)(C(N)=O)[C@@H](CO)c2cccc(Cl)c2)C3)ccn1. The number of fused-ring (bicyclic) bond motifs is 1. The summed E-state index contributed by atoms with van der Waals surface area (Å²) in [6, 6.07) is 18.1. The van der Waals surface area contributed by atoms with Crippen LogP contribution in [-0.2, 0) is 18.4 Å². The number of carbonyl (C=O) groups is 2. The number of aliphatic hydroxyl groups excluding tert-OH is 1. The highest BCUT2D eigenvalue weighted by molar-refractivity contribution is 6.30. The molecule has 1 unspecified atom stereocenters. The van der Waals surface area contributed by atoms with E-state index in [0.29, 0.717) is 22.0 Å². The van der Waals surface area contributed by atoms with Gasteiger partial charge in [-0.2, -0.15) is 5.10 Å². The number of halogens is 1. The van der Waals surface area contributed by atoms with Gasteiger partial charge in [0.1, 0.15) is 17.2 Å². The van der Waals surface area contributed by atoms with E-state index >= 15 is 0 Å². The maximum absolute atomic E-state index is 13.7. The van der Waals surface area contributed by atoms with Gasteiger partial charge >= 0.3 is 0 Å². The molecule has 1 aliphatic rings. The quantitative estimate of drug-likeness (QED) is 0.317. The lowest BCUT2D eigenvalue weighted by Gasteiger charge is -2.41. The van der Waals surface area contributed by atoms with Gasteiger partial charge in [0.25, 0.3) is 5.91 Å². The molecule has 9 nitrogen and oxygen atoms in total. The third-order valence-electron chi connectivity index (χ3n) is 7.26. The fraction of sp³-hybridized carbons (Fsp3) is 0.214. The number of nitrogens with two attached hydrogens (primary N) is 1. The molecule has 3 heterocycles. The molecule has 0 saturated heterocycles. The predicted molar refractivity (Wildman–Crippen MR) is 145 cm³/mol. The molecular formula is C28H27ClN6O3. The molecule has 0 spiro atoms. The van der Waals surface area contributed by atoms with E-state index in [-0.39, 0.29) is 12.5 Å². The van der Waals surface area contributed by atoms with Crippen LogP contribution in [0.2, 0.25) is 5.02 Å². The lowest BCUT2D eigenvalue weighted by molar-refractivity contribution is -0.130. The van der Waals surface area contributed by atoms with Gasteiger partial charge < -0.3 is 21.1 Å². The summed E-state index contributed by atoms with van der Waals surface area (Å²) in [6.07, 6.45) is 3.38. The molecule has 0 aliphatic carbocycles. The van der Waals surface area contributed by atoms with E-state index in [9.17, 15) is 14.7 Å². The van der Waals surface area contributed by atoms with Crippen LogP contribution in [0.25, 0.3) is 11.1 Å². The Morgan fingerprint density at radius 3 is 2.63 bits per heavy atom. The van der Waals surface area contributed by atoms with Gasteiger partial charge in [-0.3, -0.25) is 14.3 Å². The van der Waals surface area contributed by atoms with Gasteiger partial charge in [0.05, 0.1) is 12.8 Å². The van der Waals surface area contributed by atoms with Crippen molar-refractivity contribution in [2.75, 3.05) is 11.9 Å². The summed E-state index contributed by atoms with van der Waals surface area (Å²) in [6.45, 7) is 1.39. The molecule has 1 aliphatic heterocycles. The molecular weight excluding hydrogens is 504 g/mol. The maximum Gasteiger partial charge on any atom is 0.255 e. The first-order valence-electron chi connectivity index (χ1n) is 12.0. The monoisotopic (exact) mass is 530 g/mol. The van der Waals surface area contributed by atoms with Crippen molar-refractivity contribution in [3.63, 3.8) is 0 Å². The van der Waals surface area contributed by atoms with Gasteiger partial charge in [-0.15, -0.1) is 0 Å². The summed E-state index contributed by atoms with van der Waals surface area (Å²) in [4.78, 5) is 32.5. The number of nitrogens with one attached hydrogen (secondary N) is 1. The number of pyridine rings is 1. The largest absolute Gasteiger partial charge is 0.396 e. The first-order chi connectivity index (χ1) is 18.2. The van der Waals surface area contributed by atoms with Crippen molar-refractivity contribution in [1.29, 1.82) is 0 Å². The molecule has 0 fully saturated rings. The Bertz CT molecular complexity index is 1540. The lowest BCUT2D eigenvalue weighted by atomic mass is 9.79. The van der Waals surface area contributed by atoms with Crippen molar-refractivity contribution < 1.29 is 14.7 Å². The van der Waals surface area contributed by atoms with Crippen LogP contribution in [-0.4, -0.2) is 48.7 Å². The summed E-state index contributed by atoms with van der Waals surface area (Å²) < 4.78 is 1.70. The zero-order chi connectivity index (χ0) is 27.0. The van der Waals surface area contributed by atoms with Crippen LogP contribution in [0.5, 0.6) is 0 Å². The van der Waals surface area contributed by atoms with Crippen molar-refractivity contribution >= 4 is 35.1 Å². The number of aliphatic hydroxyl groups is 1. The number of carbonyl (C=O) groups excluding carboxylic acids is 2. The summed E-state index contributed by atoms with van der Waals surface area (Å²) in [7, 11) is 1.83. The number of benzene rings is 2. The number of rotatable bonds is 8. The second kappa shape index (κ2) is 9.92. The first kappa shape index (κ1) is 25.4. The average molecular weight is 531 g/mol. The molecule has 0 saturated carbocycles. The molecule has 0 bridgehead atoms. The van der Waals surface area contributed by atoms with E-state index in [0.717, 1.165) is 22.5 Å². The van der Waals surface area contributed by atoms with Crippen LogP contribution in [0.15, 0.2) is 73.1 Å². The van der Waals surface area contributed by atoms with Crippen LogP contribution in [0, 0.1) is 0 Å². The molecule has 10 heteroatoms.